The number of benzene rings is 1. The van der Waals surface area contributed by atoms with Crippen molar-refractivity contribution < 1.29 is 0 Å². The third kappa shape index (κ3) is 3.62. The van der Waals surface area contributed by atoms with Crippen LogP contribution in [0.3, 0.4) is 0 Å². The van der Waals surface area contributed by atoms with Gasteiger partial charge in [0, 0.05) is 17.5 Å². The van der Waals surface area contributed by atoms with Gasteiger partial charge in [-0.3, -0.25) is 0 Å². The predicted molar refractivity (Wildman–Crippen MR) is 81.0 cm³/mol. The molecular formula is C13H12Cl3NS. The summed E-state index contributed by atoms with van der Waals surface area (Å²) in [5.41, 5.74) is 1.12. The van der Waals surface area contributed by atoms with Crippen molar-refractivity contribution in [2.24, 2.45) is 0 Å². The van der Waals surface area contributed by atoms with E-state index in [4.69, 9.17) is 34.8 Å². The van der Waals surface area contributed by atoms with Crippen molar-refractivity contribution in [1.82, 2.24) is 5.32 Å². The van der Waals surface area contributed by atoms with Crippen LogP contribution >= 0.6 is 46.1 Å². The van der Waals surface area contributed by atoms with Gasteiger partial charge in [0.25, 0.3) is 0 Å². The number of thiophene rings is 1. The SMILES string of the molecule is CC(NCc1ccc(Cl)s1)c1ccc(Cl)c(Cl)c1. The van der Waals surface area contributed by atoms with Gasteiger partial charge in [-0.25, -0.2) is 0 Å². The molecule has 0 aliphatic rings. The van der Waals surface area contributed by atoms with E-state index in [2.05, 4.69) is 12.2 Å². The number of rotatable bonds is 4. The van der Waals surface area contributed by atoms with Crippen molar-refractivity contribution in [3.63, 3.8) is 0 Å². The first-order chi connectivity index (χ1) is 8.56. The summed E-state index contributed by atoms with van der Waals surface area (Å²) in [6, 6.07) is 9.84. The summed E-state index contributed by atoms with van der Waals surface area (Å²) in [6.07, 6.45) is 0. The van der Waals surface area contributed by atoms with Gasteiger partial charge >= 0.3 is 0 Å². The molecule has 0 aliphatic heterocycles. The Balaban J connectivity index is 1.99. The van der Waals surface area contributed by atoms with Crippen molar-refractivity contribution >= 4 is 46.1 Å². The zero-order chi connectivity index (χ0) is 13.1. The first-order valence-corrected chi connectivity index (χ1v) is 7.44. The first kappa shape index (κ1) is 14.2. The summed E-state index contributed by atoms with van der Waals surface area (Å²) < 4.78 is 0.814. The van der Waals surface area contributed by atoms with Gasteiger partial charge in [0.05, 0.1) is 14.4 Å². The minimum atomic E-state index is 0.209. The van der Waals surface area contributed by atoms with Crippen molar-refractivity contribution in [2.75, 3.05) is 0 Å². The highest BCUT2D eigenvalue weighted by Gasteiger charge is 2.08. The summed E-state index contributed by atoms with van der Waals surface area (Å²) in [5.74, 6) is 0. The Morgan fingerprint density at radius 3 is 2.50 bits per heavy atom. The molecule has 0 saturated carbocycles. The van der Waals surface area contributed by atoms with Crippen LogP contribution in [-0.2, 0) is 6.54 Å². The quantitative estimate of drug-likeness (QED) is 0.777. The molecule has 0 spiro atoms. The molecule has 1 aromatic heterocycles. The van der Waals surface area contributed by atoms with Gasteiger partial charge in [-0.1, -0.05) is 40.9 Å². The zero-order valence-corrected chi connectivity index (χ0v) is 12.8. The van der Waals surface area contributed by atoms with Crippen LogP contribution in [0.5, 0.6) is 0 Å². The number of nitrogens with one attached hydrogen (secondary N) is 1. The lowest BCUT2D eigenvalue weighted by Gasteiger charge is -2.14. The average Bonchev–Trinajstić information content (AvgIpc) is 2.75. The topological polar surface area (TPSA) is 12.0 Å². The third-order valence-corrected chi connectivity index (χ3v) is 4.63. The molecule has 0 aliphatic carbocycles. The van der Waals surface area contributed by atoms with Crippen LogP contribution in [0.25, 0.3) is 0 Å². The van der Waals surface area contributed by atoms with Gasteiger partial charge in [-0.2, -0.15) is 0 Å². The maximum atomic E-state index is 6.00. The van der Waals surface area contributed by atoms with E-state index in [-0.39, 0.29) is 6.04 Å². The molecule has 0 radical (unpaired) electrons. The molecule has 1 N–H and O–H groups in total. The highest BCUT2D eigenvalue weighted by Crippen LogP contribution is 2.26. The molecule has 0 saturated heterocycles. The molecule has 1 aromatic carbocycles. The minimum Gasteiger partial charge on any atom is -0.305 e. The van der Waals surface area contributed by atoms with Crippen LogP contribution in [0.2, 0.25) is 14.4 Å². The van der Waals surface area contributed by atoms with Gasteiger partial charge in [0.2, 0.25) is 0 Å². The zero-order valence-electron chi connectivity index (χ0n) is 9.71. The molecule has 1 nitrogen and oxygen atoms in total. The van der Waals surface area contributed by atoms with E-state index < -0.39 is 0 Å². The minimum absolute atomic E-state index is 0.209. The van der Waals surface area contributed by atoms with Crippen LogP contribution < -0.4 is 5.32 Å². The molecule has 0 bridgehead atoms. The lowest BCUT2D eigenvalue weighted by molar-refractivity contribution is 0.579. The second kappa shape index (κ2) is 6.27. The third-order valence-electron chi connectivity index (χ3n) is 2.65. The van der Waals surface area contributed by atoms with E-state index in [1.807, 2.05) is 30.3 Å². The van der Waals surface area contributed by atoms with Crippen LogP contribution in [0, 0.1) is 0 Å². The molecule has 2 aromatic rings. The maximum Gasteiger partial charge on any atom is 0.0931 e. The lowest BCUT2D eigenvalue weighted by Crippen LogP contribution is -2.17. The second-order valence-electron chi connectivity index (χ2n) is 3.98. The largest absolute Gasteiger partial charge is 0.305 e. The summed E-state index contributed by atoms with van der Waals surface area (Å²) >= 11 is 19.4. The highest BCUT2D eigenvalue weighted by molar-refractivity contribution is 7.16. The Kier molecular flexibility index (Phi) is 4.93. The van der Waals surface area contributed by atoms with Crippen molar-refractivity contribution in [3.8, 4) is 0 Å². The Labute approximate surface area is 126 Å². The molecule has 1 atom stereocenters. The fraction of sp³-hybridized carbons (Fsp3) is 0.231. The first-order valence-electron chi connectivity index (χ1n) is 5.49. The molecule has 5 heteroatoms. The standard InChI is InChI=1S/C13H12Cl3NS/c1-8(9-2-4-11(14)12(15)6-9)17-7-10-3-5-13(16)18-10/h2-6,8,17H,7H2,1H3. The second-order valence-corrected chi connectivity index (χ2v) is 6.60. The number of hydrogen-bond donors (Lipinski definition) is 1. The molecule has 18 heavy (non-hydrogen) atoms. The number of halogens is 3. The summed E-state index contributed by atoms with van der Waals surface area (Å²) in [4.78, 5) is 1.21. The highest BCUT2D eigenvalue weighted by atomic mass is 35.5. The van der Waals surface area contributed by atoms with E-state index in [0.29, 0.717) is 10.0 Å². The lowest BCUT2D eigenvalue weighted by atomic mass is 10.1. The predicted octanol–water partition coefficient (Wildman–Crippen LogP) is 5.56. The van der Waals surface area contributed by atoms with Gasteiger partial charge < -0.3 is 5.32 Å². The van der Waals surface area contributed by atoms with Gasteiger partial charge in [0.15, 0.2) is 0 Å². The molecule has 1 heterocycles. The van der Waals surface area contributed by atoms with Gasteiger partial charge in [-0.15, -0.1) is 11.3 Å². The maximum absolute atomic E-state index is 6.00. The van der Waals surface area contributed by atoms with E-state index in [1.165, 1.54) is 4.88 Å². The van der Waals surface area contributed by atoms with Crippen molar-refractivity contribution in [1.29, 1.82) is 0 Å². The molecule has 0 fully saturated rings. The van der Waals surface area contributed by atoms with E-state index >= 15 is 0 Å². The molecule has 2 rings (SSSR count). The average molecular weight is 321 g/mol. The van der Waals surface area contributed by atoms with Crippen molar-refractivity contribution in [3.05, 3.63) is 55.2 Å². The molecule has 96 valence electrons. The van der Waals surface area contributed by atoms with Crippen LogP contribution in [0.4, 0.5) is 0 Å². The number of hydrogen-bond acceptors (Lipinski definition) is 2. The molecular weight excluding hydrogens is 309 g/mol. The van der Waals surface area contributed by atoms with E-state index in [1.54, 1.807) is 11.3 Å². The monoisotopic (exact) mass is 319 g/mol. The molecule has 1 unspecified atom stereocenters. The Morgan fingerprint density at radius 2 is 1.89 bits per heavy atom. The van der Waals surface area contributed by atoms with E-state index in [0.717, 1.165) is 16.4 Å². The summed E-state index contributed by atoms with van der Waals surface area (Å²) in [6.45, 7) is 2.88. The summed E-state index contributed by atoms with van der Waals surface area (Å²) in [5, 5.41) is 4.59. The van der Waals surface area contributed by atoms with Gasteiger partial charge in [-0.05, 0) is 36.8 Å². The Morgan fingerprint density at radius 1 is 1.11 bits per heavy atom. The smallest absolute Gasteiger partial charge is 0.0931 e. The fourth-order valence-electron chi connectivity index (χ4n) is 1.60. The van der Waals surface area contributed by atoms with E-state index in [9.17, 15) is 0 Å². The normalized spacial score (nSPS) is 12.7. The Bertz CT molecular complexity index is 539. The Hall–Kier alpha value is -0.250. The summed E-state index contributed by atoms with van der Waals surface area (Å²) in [7, 11) is 0. The van der Waals surface area contributed by atoms with Gasteiger partial charge in [0.1, 0.15) is 0 Å². The fourth-order valence-corrected chi connectivity index (χ4v) is 2.94. The van der Waals surface area contributed by atoms with Crippen LogP contribution in [0.15, 0.2) is 30.3 Å². The van der Waals surface area contributed by atoms with Crippen LogP contribution in [-0.4, -0.2) is 0 Å². The van der Waals surface area contributed by atoms with Crippen LogP contribution in [0.1, 0.15) is 23.4 Å². The van der Waals surface area contributed by atoms with Crippen molar-refractivity contribution in [2.45, 2.75) is 19.5 Å². The molecule has 0 amide bonds.